The molecule has 0 spiro atoms. The maximum Gasteiger partial charge on any atom is 0.310 e. The minimum atomic E-state index is -1.07. The Bertz CT molecular complexity index is 485. The molecule has 3 N–H and O–H groups in total. The van der Waals surface area contributed by atoms with E-state index in [2.05, 4.69) is 5.32 Å². The molecule has 1 aromatic carbocycles. The van der Waals surface area contributed by atoms with Gasteiger partial charge in [0.05, 0.1) is 16.0 Å². The number of phenolic OH excluding ortho intramolecular Hbond substituents is 1. The largest absolute Gasteiger partial charge is 0.508 e. The maximum absolute atomic E-state index is 11.8. The van der Waals surface area contributed by atoms with Crippen LogP contribution in [0, 0.1) is 5.41 Å². The summed E-state index contributed by atoms with van der Waals surface area (Å²) in [6, 6.07) is 3.99. The lowest BCUT2D eigenvalue weighted by Gasteiger charge is -2.19. The number of amides is 1. The second-order valence-corrected chi connectivity index (χ2v) is 4.94. The number of hydrogen-bond acceptors (Lipinski definition) is 3. The summed E-state index contributed by atoms with van der Waals surface area (Å²) in [5.41, 5.74) is -0.961. The van der Waals surface area contributed by atoms with E-state index in [0.29, 0.717) is 0 Å². The zero-order valence-electron chi connectivity index (χ0n) is 10.0. The fourth-order valence-corrected chi connectivity index (χ4v) is 1.36. The summed E-state index contributed by atoms with van der Waals surface area (Å²) in [6.45, 7) is 2.96. The van der Waals surface area contributed by atoms with E-state index in [1.165, 1.54) is 32.0 Å². The fraction of sp³-hybridized carbons (Fsp3) is 0.333. The Kier molecular flexibility index (Phi) is 4.19. The van der Waals surface area contributed by atoms with Crippen molar-refractivity contribution in [2.24, 2.45) is 5.41 Å². The van der Waals surface area contributed by atoms with Gasteiger partial charge in [-0.05, 0) is 32.0 Å². The van der Waals surface area contributed by atoms with Gasteiger partial charge in [-0.2, -0.15) is 0 Å². The Labute approximate surface area is 109 Å². The maximum atomic E-state index is 11.8. The van der Waals surface area contributed by atoms with Crippen LogP contribution in [0.3, 0.4) is 0 Å². The molecule has 98 valence electrons. The molecule has 1 rings (SSSR count). The standard InChI is InChI=1S/C12H14ClNO4/c1-12(2,11(17)18)6-14-10(16)8-5-7(15)3-4-9(8)13/h3-5,15H,6H2,1-2H3,(H,14,16)(H,17,18). The number of carbonyl (C=O) groups is 2. The van der Waals surface area contributed by atoms with Crippen molar-refractivity contribution in [1.82, 2.24) is 5.32 Å². The molecule has 18 heavy (non-hydrogen) atoms. The van der Waals surface area contributed by atoms with Gasteiger partial charge in [0, 0.05) is 6.54 Å². The minimum Gasteiger partial charge on any atom is -0.508 e. The molecule has 0 aliphatic heterocycles. The van der Waals surface area contributed by atoms with Crippen LogP contribution in [0.25, 0.3) is 0 Å². The lowest BCUT2D eigenvalue weighted by Crippen LogP contribution is -2.38. The van der Waals surface area contributed by atoms with Gasteiger partial charge in [0.25, 0.3) is 5.91 Å². The van der Waals surface area contributed by atoms with Gasteiger partial charge in [0.15, 0.2) is 0 Å². The van der Waals surface area contributed by atoms with Crippen LogP contribution in [-0.2, 0) is 4.79 Å². The predicted molar refractivity (Wildman–Crippen MR) is 66.9 cm³/mol. The Morgan fingerprint density at radius 1 is 1.39 bits per heavy atom. The number of carboxylic acid groups (broad SMARTS) is 1. The van der Waals surface area contributed by atoms with Crippen molar-refractivity contribution in [1.29, 1.82) is 0 Å². The van der Waals surface area contributed by atoms with E-state index in [0.717, 1.165) is 0 Å². The summed E-state index contributed by atoms with van der Waals surface area (Å²) in [7, 11) is 0. The number of halogens is 1. The quantitative estimate of drug-likeness (QED) is 0.780. The highest BCUT2D eigenvalue weighted by Crippen LogP contribution is 2.21. The number of aliphatic carboxylic acids is 1. The molecule has 1 aromatic rings. The number of carboxylic acids is 1. The molecule has 0 aliphatic carbocycles. The van der Waals surface area contributed by atoms with Gasteiger partial charge in [-0.25, -0.2) is 0 Å². The van der Waals surface area contributed by atoms with Crippen molar-refractivity contribution >= 4 is 23.5 Å². The van der Waals surface area contributed by atoms with Crippen molar-refractivity contribution in [2.45, 2.75) is 13.8 Å². The molecule has 0 radical (unpaired) electrons. The van der Waals surface area contributed by atoms with Gasteiger partial charge in [-0.1, -0.05) is 11.6 Å². The monoisotopic (exact) mass is 271 g/mol. The smallest absolute Gasteiger partial charge is 0.310 e. The number of nitrogens with one attached hydrogen (secondary N) is 1. The Morgan fingerprint density at radius 2 is 2.00 bits per heavy atom. The van der Waals surface area contributed by atoms with Crippen molar-refractivity contribution in [2.75, 3.05) is 6.54 Å². The molecule has 0 saturated carbocycles. The van der Waals surface area contributed by atoms with Gasteiger partial charge in [0.2, 0.25) is 0 Å². The minimum absolute atomic E-state index is 0.0346. The molecule has 6 heteroatoms. The van der Waals surface area contributed by atoms with Crippen molar-refractivity contribution in [3.63, 3.8) is 0 Å². The fourth-order valence-electron chi connectivity index (χ4n) is 1.16. The van der Waals surface area contributed by atoms with Crippen LogP contribution in [0.1, 0.15) is 24.2 Å². The van der Waals surface area contributed by atoms with Crippen LogP contribution in [0.15, 0.2) is 18.2 Å². The molecule has 0 fully saturated rings. The molecule has 5 nitrogen and oxygen atoms in total. The Balaban J connectivity index is 2.78. The van der Waals surface area contributed by atoms with E-state index in [1.807, 2.05) is 0 Å². The molecule has 1 amide bonds. The van der Waals surface area contributed by atoms with E-state index >= 15 is 0 Å². The predicted octanol–water partition coefficient (Wildman–Crippen LogP) is 1.89. The number of aromatic hydroxyl groups is 1. The third kappa shape index (κ3) is 3.37. The van der Waals surface area contributed by atoms with Crippen LogP contribution in [-0.4, -0.2) is 28.6 Å². The van der Waals surface area contributed by atoms with E-state index in [9.17, 15) is 14.7 Å². The van der Waals surface area contributed by atoms with Gasteiger partial charge in [-0.15, -0.1) is 0 Å². The van der Waals surface area contributed by atoms with Gasteiger partial charge < -0.3 is 15.5 Å². The van der Waals surface area contributed by atoms with Crippen LogP contribution in [0.4, 0.5) is 0 Å². The number of benzene rings is 1. The lowest BCUT2D eigenvalue weighted by molar-refractivity contribution is -0.146. The summed E-state index contributed by atoms with van der Waals surface area (Å²) in [4.78, 5) is 22.7. The number of phenols is 1. The van der Waals surface area contributed by atoms with Crippen LogP contribution >= 0.6 is 11.6 Å². The highest BCUT2D eigenvalue weighted by atomic mass is 35.5. The van der Waals surface area contributed by atoms with Gasteiger partial charge >= 0.3 is 5.97 Å². The Morgan fingerprint density at radius 3 is 2.56 bits per heavy atom. The Hall–Kier alpha value is -1.75. The number of hydrogen-bond donors (Lipinski definition) is 3. The van der Waals surface area contributed by atoms with E-state index in [1.54, 1.807) is 0 Å². The van der Waals surface area contributed by atoms with E-state index < -0.39 is 17.3 Å². The highest BCUT2D eigenvalue weighted by Gasteiger charge is 2.28. The van der Waals surface area contributed by atoms with Gasteiger partial charge in [0.1, 0.15) is 5.75 Å². The zero-order chi connectivity index (χ0) is 13.9. The first-order valence-electron chi connectivity index (χ1n) is 5.24. The first kappa shape index (κ1) is 14.3. The van der Waals surface area contributed by atoms with Crippen molar-refractivity contribution < 1.29 is 19.8 Å². The van der Waals surface area contributed by atoms with Gasteiger partial charge in [-0.3, -0.25) is 9.59 Å². The lowest BCUT2D eigenvalue weighted by atomic mass is 9.94. The average molecular weight is 272 g/mol. The van der Waals surface area contributed by atoms with Crippen molar-refractivity contribution in [3.8, 4) is 5.75 Å². The molecule has 0 heterocycles. The molecule has 0 unspecified atom stereocenters. The second kappa shape index (κ2) is 5.27. The van der Waals surface area contributed by atoms with Crippen LogP contribution in [0.5, 0.6) is 5.75 Å². The molecular formula is C12H14ClNO4. The van der Waals surface area contributed by atoms with Crippen LogP contribution in [0.2, 0.25) is 5.02 Å². The summed E-state index contributed by atoms with van der Waals surface area (Å²) in [6.07, 6.45) is 0. The number of carbonyl (C=O) groups excluding carboxylic acids is 1. The summed E-state index contributed by atoms with van der Waals surface area (Å²) in [5.74, 6) is -1.61. The first-order valence-corrected chi connectivity index (χ1v) is 5.62. The van der Waals surface area contributed by atoms with E-state index in [4.69, 9.17) is 16.7 Å². The number of rotatable bonds is 4. The van der Waals surface area contributed by atoms with E-state index in [-0.39, 0.29) is 22.9 Å². The highest BCUT2D eigenvalue weighted by molar-refractivity contribution is 6.33. The van der Waals surface area contributed by atoms with Crippen molar-refractivity contribution in [3.05, 3.63) is 28.8 Å². The van der Waals surface area contributed by atoms with Crippen LogP contribution < -0.4 is 5.32 Å². The zero-order valence-corrected chi connectivity index (χ0v) is 10.8. The SMILES string of the molecule is CC(C)(CNC(=O)c1cc(O)ccc1Cl)C(=O)O. The normalized spacial score (nSPS) is 11.1. The molecular weight excluding hydrogens is 258 g/mol. The summed E-state index contributed by atoms with van der Waals surface area (Å²) < 4.78 is 0. The second-order valence-electron chi connectivity index (χ2n) is 4.54. The molecule has 0 aromatic heterocycles. The summed E-state index contributed by atoms with van der Waals surface area (Å²) in [5, 5.41) is 20.8. The molecule has 0 bridgehead atoms. The topological polar surface area (TPSA) is 86.6 Å². The average Bonchev–Trinajstić information content (AvgIpc) is 2.29. The molecule has 0 atom stereocenters. The summed E-state index contributed by atoms with van der Waals surface area (Å²) >= 11 is 5.82. The molecule has 0 saturated heterocycles. The third-order valence-corrected chi connectivity index (χ3v) is 2.79. The third-order valence-electron chi connectivity index (χ3n) is 2.46. The molecule has 0 aliphatic rings. The first-order chi connectivity index (χ1) is 8.24.